The van der Waals surface area contributed by atoms with Gasteiger partial charge in [0.2, 0.25) is 0 Å². The average molecular weight is 414 g/mol. The fourth-order valence-electron chi connectivity index (χ4n) is 2.56. The molecular formula is C21H19FN2O4S. The van der Waals surface area contributed by atoms with Crippen LogP contribution in [0.1, 0.15) is 5.56 Å². The van der Waals surface area contributed by atoms with E-state index in [0.29, 0.717) is 17.0 Å². The van der Waals surface area contributed by atoms with Gasteiger partial charge in [0.05, 0.1) is 10.6 Å². The van der Waals surface area contributed by atoms with Crippen molar-refractivity contribution in [1.82, 2.24) is 0 Å². The highest BCUT2D eigenvalue weighted by Gasteiger charge is 2.16. The lowest BCUT2D eigenvalue weighted by atomic mass is 10.2. The van der Waals surface area contributed by atoms with Gasteiger partial charge >= 0.3 is 0 Å². The molecule has 0 fully saturated rings. The molecule has 3 aromatic rings. The first-order chi connectivity index (χ1) is 13.8. The lowest BCUT2D eigenvalue weighted by molar-refractivity contribution is -0.118. The molecule has 0 aliphatic heterocycles. The van der Waals surface area contributed by atoms with Crippen LogP contribution in [0.3, 0.4) is 0 Å². The van der Waals surface area contributed by atoms with Crippen LogP contribution < -0.4 is 14.8 Å². The van der Waals surface area contributed by atoms with E-state index in [4.69, 9.17) is 4.74 Å². The van der Waals surface area contributed by atoms with Crippen molar-refractivity contribution in [3.8, 4) is 5.75 Å². The van der Waals surface area contributed by atoms with Gasteiger partial charge in [-0.15, -0.1) is 0 Å². The Morgan fingerprint density at radius 3 is 2.38 bits per heavy atom. The average Bonchev–Trinajstić information content (AvgIpc) is 2.69. The first-order valence-corrected chi connectivity index (χ1v) is 10.2. The van der Waals surface area contributed by atoms with Crippen molar-refractivity contribution in [2.24, 2.45) is 0 Å². The second-order valence-corrected chi connectivity index (χ2v) is 7.90. The number of hydrogen-bond acceptors (Lipinski definition) is 4. The first kappa shape index (κ1) is 20.3. The van der Waals surface area contributed by atoms with E-state index in [1.165, 1.54) is 36.4 Å². The van der Waals surface area contributed by atoms with Crippen molar-refractivity contribution >= 4 is 27.3 Å². The molecule has 0 saturated heterocycles. The summed E-state index contributed by atoms with van der Waals surface area (Å²) in [6.45, 7) is 1.33. The summed E-state index contributed by atoms with van der Waals surface area (Å²) in [4.78, 5) is 12.0. The van der Waals surface area contributed by atoms with Crippen LogP contribution in [-0.4, -0.2) is 20.9 Å². The van der Waals surface area contributed by atoms with E-state index in [1.807, 2.05) is 0 Å². The van der Waals surface area contributed by atoms with Gasteiger partial charge in [0, 0.05) is 5.69 Å². The first-order valence-electron chi connectivity index (χ1n) is 8.71. The van der Waals surface area contributed by atoms with Gasteiger partial charge in [-0.2, -0.15) is 0 Å². The number of para-hydroxylation sites is 2. The molecule has 2 N–H and O–H groups in total. The van der Waals surface area contributed by atoms with E-state index in [1.54, 1.807) is 43.3 Å². The van der Waals surface area contributed by atoms with Gasteiger partial charge in [0.25, 0.3) is 15.9 Å². The van der Waals surface area contributed by atoms with E-state index in [2.05, 4.69) is 10.0 Å². The second-order valence-electron chi connectivity index (χ2n) is 6.22. The maximum atomic E-state index is 13.6. The summed E-state index contributed by atoms with van der Waals surface area (Å²) in [5.74, 6) is -0.721. The minimum atomic E-state index is -3.76. The molecule has 150 valence electrons. The summed E-state index contributed by atoms with van der Waals surface area (Å²) in [6, 6.07) is 18.7. The molecule has 0 spiro atoms. The topological polar surface area (TPSA) is 84.5 Å². The zero-order chi connectivity index (χ0) is 20.9. The molecule has 0 bridgehead atoms. The third-order valence-corrected chi connectivity index (χ3v) is 5.37. The Balaban J connectivity index is 1.65. The van der Waals surface area contributed by atoms with Crippen LogP contribution in [0.2, 0.25) is 0 Å². The minimum absolute atomic E-state index is 0.0613. The maximum absolute atomic E-state index is 13.6. The van der Waals surface area contributed by atoms with Gasteiger partial charge in [0.15, 0.2) is 6.61 Å². The van der Waals surface area contributed by atoms with Gasteiger partial charge < -0.3 is 10.1 Å². The standard InChI is InChI=1S/C21H19FN2O4S/c1-15-13-17(29(26,27)24-16-7-3-2-4-8-16)11-12-20(15)28-14-21(25)23-19-10-6-5-9-18(19)22/h2-13,24H,14H2,1H3,(H,23,25). The van der Waals surface area contributed by atoms with Crippen molar-refractivity contribution in [3.63, 3.8) is 0 Å². The summed E-state index contributed by atoms with van der Waals surface area (Å²) >= 11 is 0. The van der Waals surface area contributed by atoms with Gasteiger partial charge in [-0.1, -0.05) is 30.3 Å². The van der Waals surface area contributed by atoms with E-state index < -0.39 is 21.7 Å². The Hall–Kier alpha value is -3.39. The number of benzene rings is 3. The fraction of sp³-hybridized carbons (Fsp3) is 0.0952. The number of sulfonamides is 1. The van der Waals surface area contributed by atoms with Crippen LogP contribution in [0.25, 0.3) is 0 Å². The number of hydrogen-bond donors (Lipinski definition) is 2. The molecule has 29 heavy (non-hydrogen) atoms. The molecule has 8 heteroatoms. The maximum Gasteiger partial charge on any atom is 0.262 e. The van der Waals surface area contributed by atoms with E-state index >= 15 is 0 Å². The number of carbonyl (C=O) groups excluding carboxylic acids is 1. The van der Waals surface area contributed by atoms with Crippen LogP contribution in [0, 0.1) is 12.7 Å². The number of aryl methyl sites for hydroxylation is 1. The molecule has 0 aliphatic rings. The Morgan fingerprint density at radius 1 is 1.00 bits per heavy atom. The summed E-state index contributed by atoms with van der Waals surface area (Å²) in [7, 11) is -3.76. The van der Waals surface area contributed by atoms with Gasteiger partial charge in [-0.25, -0.2) is 12.8 Å². The van der Waals surface area contributed by atoms with Crippen molar-refractivity contribution in [1.29, 1.82) is 0 Å². The lowest BCUT2D eigenvalue weighted by Crippen LogP contribution is -2.21. The normalized spacial score (nSPS) is 11.0. The smallest absolute Gasteiger partial charge is 0.262 e. The number of carbonyl (C=O) groups is 1. The van der Waals surface area contributed by atoms with E-state index in [-0.39, 0.29) is 17.2 Å². The molecule has 0 unspecified atom stereocenters. The van der Waals surface area contributed by atoms with E-state index in [9.17, 15) is 17.6 Å². The largest absolute Gasteiger partial charge is 0.483 e. The van der Waals surface area contributed by atoms with Crippen LogP contribution in [0.4, 0.5) is 15.8 Å². The van der Waals surface area contributed by atoms with Crippen molar-refractivity contribution < 1.29 is 22.3 Å². The SMILES string of the molecule is Cc1cc(S(=O)(=O)Nc2ccccc2)ccc1OCC(=O)Nc1ccccc1F. The number of ether oxygens (including phenoxy) is 1. The molecular weight excluding hydrogens is 395 g/mol. The quantitative estimate of drug-likeness (QED) is 0.613. The zero-order valence-electron chi connectivity index (χ0n) is 15.6. The van der Waals surface area contributed by atoms with Gasteiger partial charge in [-0.3, -0.25) is 9.52 Å². The van der Waals surface area contributed by atoms with Crippen molar-refractivity contribution in [3.05, 3.63) is 84.2 Å². The Morgan fingerprint density at radius 2 is 1.69 bits per heavy atom. The van der Waals surface area contributed by atoms with E-state index in [0.717, 1.165) is 0 Å². The zero-order valence-corrected chi connectivity index (χ0v) is 16.4. The Labute approximate surface area is 168 Å². The lowest BCUT2D eigenvalue weighted by Gasteiger charge is -2.12. The minimum Gasteiger partial charge on any atom is -0.483 e. The highest BCUT2D eigenvalue weighted by Crippen LogP contribution is 2.23. The highest BCUT2D eigenvalue weighted by atomic mass is 32.2. The Kier molecular flexibility index (Phi) is 6.13. The number of anilines is 2. The van der Waals surface area contributed by atoms with Crippen LogP contribution in [0.15, 0.2) is 77.7 Å². The monoisotopic (exact) mass is 414 g/mol. The summed E-state index contributed by atoms with van der Waals surface area (Å²) < 4.78 is 46.5. The molecule has 0 atom stereocenters. The molecule has 3 aromatic carbocycles. The summed E-state index contributed by atoms with van der Waals surface area (Å²) in [5, 5.41) is 2.42. The molecule has 0 aliphatic carbocycles. The summed E-state index contributed by atoms with van der Waals surface area (Å²) in [6.07, 6.45) is 0. The molecule has 6 nitrogen and oxygen atoms in total. The predicted octanol–water partition coefficient (Wildman–Crippen LogP) is 3.95. The number of nitrogens with one attached hydrogen (secondary N) is 2. The molecule has 0 saturated carbocycles. The molecule has 3 rings (SSSR count). The molecule has 0 radical (unpaired) electrons. The molecule has 1 amide bonds. The molecule has 0 aromatic heterocycles. The van der Waals surface area contributed by atoms with Crippen LogP contribution >= 0.6 is 0 Å². The van der Waals surface area contributed by atoms with Crippen molar-refractivity contribution in [2.75, 3.05) is 16.6 Å². The highest BCUT2D eigenvalue weighted by molar-refractivity contribution is 7.92. The van der Waals surface area contributed by atoms with Crippen LogP contribution in [0.5, 0.6) is 5.75 Å². The third kappa shape index (κ3) is 5.32. The Bertz CT molecular complexity index is 1120. The van der Waals surface area contributed by atoms with Crippen LogP contribution in [-0.2, 0) is 14.8 Å². The molecule has 0 heterocycles. The van der Waals surface area contributed by atoms with Gasteiger partial charge in [-0.05, 0) is 55.0 Å². The van der Waals surface area contributed by atoms with Gasteiger partial charge in [0.1, 0.15) is 11.6 Å². The number of amides is 1. The summed E-state index contributed by atoms with van der Waals surface area (Å²) in [5.41, 5.74) is 1.06. The second kappa shape index (κ2) is 8.74. The third-order valence-electron chi connectivity index (χ3n) is 3.99. The fourth-order valence-corrected chi connectivity index (χ4v) is 3.71. The number of halogens is 1. The van der Waals surface area contributed by atoms with Crippen molar-refractivity contribution in [2.45, 2.75) is 11.8 Å². The predicted molar refractivity (Wildman–Crippen MR) is 109 cm³/mol. The number of rotatable bonds is 7.